The van der Waals surface area contributed by atoms with Crippen molar-refractivity contribution in [2.45, 2.75) is 46.4 Å². The monoisotopic (exact) mass is 356 g/mol. The maximum absolute atomic E-state index is 11.6. The normalized spacial score (nSPS) is 12.0. The van der Waals surface area contributed by atoms with E-state index in [0.29, 0.717) is 36.9 Å². The molecule has 7 nitrogen and oxygen atoms in total. The second-order valence-corrected chi connectivity index (χ2v) is 6.92. The molecule has 0 aliphatic rings. The topological polar surface area (TPSA) is 89.3 Å². The van der Waals surface area contributed by atoms with Crippen molar-refractivity contribution in [2.75, 3.05) is 11.9 Å². The summed E-state index contributed by atoms with van der Waals surface area (Å²) in [6.45, 7) is 8.08. The Kier molecular flexibility index (Phi) is 4.93. The largest absolute Gasteiger partial charge is 0.389 e. The molecule has 0 saturated carbocycles. The molecule has 0 saturated heterocycles. The maximum Gasteiger partial charge on any atom is 0.222 e. The van der Waals surface area contributed by atoms with Gasteiger partial charge in [-0.05, 0) is 26.8 Å². The lowest BCUT2D eigenvalue weighted by molar-refractivity contribution is -0.114. The molecule has 0 bridgehead atoms. The average Bonchev–Trinajstić information content (AvgIpc) is 2.90. The molecule has 26 heavy (non-hydrogen) atoms. The van der Waals surface area contributed by atoms with Crippen LogP contribution in [0.25, 0.3) is 21.9 Å². The number of fused-ring (bicyclic) bond motifs is 3. The van der Waals surface area contributed by atoms with Gasteiger partial charge in [-0.25, -0.2) is 9.97 Å². The van der Waals surface area contributed by atoms with Gasteiger partial charge in [-0.15, -0.1) is 0 Å². The van der Waals surface area contributed by atoms with Crippen molar-refractivity contribution < 1.29 is 14.6 Å². The zero-order chi connectivity index (χ0) is 18.9. The van der Waals surface area contributed by atoms with E-state index in [0.717, 1.165) is 16.4 Å². The van der Waals surface area contributed by atoms with E-state index >= 15 is 0 Å². The van der Waals surface area contributed by atoms with Crippen LogP contribution in [0.3, 0.4) is 0 Å². The molecular formula is C19H24N4O3. The highest BCUT2D eigenvalue weighted by atomic mass is 16.5. The first-order valence-corrected chi connectivity index (χ1v) is 8.65. The van der Waals surface area contributed by atoms with Crippen LogP contribution in [0.5, 0.6) is 0 Å². The summed E-state index contributed by atoms with van der Waals surface area (Å²) >= 11 is 0. The Labute approximate surface area is 152 Å². The lowest BCUT2D eigenvalue weighted by Gasteiger charge is -2.20. The predicted octanol–water partition coefficient (Wildman–Crippen LogP) is 2.85. The third kappa shape index (κ3) is 3.68. The molecule has 0 spiro atoms. The highest BCUT2D eigenvalue weighted by molar-refractivity contribution is 6.09. The SMILES string of the molecule is CCOCc1nc2c(NC(C)=O)nc3ccccc3c2n1CC(C)(C)O. The fourth-order valence-corrected chi connectivity index (χ4v) is 3.00. The number of rotatable bonds is 6. The number of hydrogen-bond acceptors (Lipinski definition) is 5. The van der Waals surface area contributed by atoms with E-state index in [2.05, 4.69) is 15.3 Å². The number of nitrogens with one attached hydrogen (secondary N) is 1. The van der Waals surface area contributed by atoms with Gasteiger partial charge in [0, 0.05) is 18.9 Å². The molecule has 1 aromatic carbocycles. The van der Waals surface area contributed by atoms with Gasteiger partial charge in [0.15, 0.2) is 5.82 Å². The highest BCUT2D eigenvalue weighted by Gasteiger charge is 2.23. The molecule has 0 radical (unpaired) electrons. The minimum absolute atomic E-state index is 0.211. The third-order valence-corrected chi connectivity index (χ3v) is 3.94. The number of pyridine rings is 1. The van der Waals surface area contributed by atoms with E-state index in [9.17, 15) is 9.90 Å². The fourth-order valence-electron chi connectivity index (χ4n) is 3.00. The molecule has 2 aromatic heterocycles. The van der Waals surface area contributed by atoms with Crippen LogP contribution in [0, 0.1) is 0 Å². The quantitative estimate of drug-likeness (QED) is 0.709. The van der Waals surface area contributed by atoms with Crippen molar-refractivity contribution in [3.05, 3.63) is 30.1 Å². The second kappa shape index (κ2) is 7.01. The van der Waals surface area contributed by atoms with Gasteiger partial charge in [-0.1, -0.05) is 18.2 Å². The van der Waals surface area contributed by atoms with E-state index in [4.69, 9.17) is 4.74 Å². The van der Waals surface area contributed by atoms with Crippen LogP contribution in [0.1, 0.15) is 33.5 Å². The van der Waals surface area contributed by atoms with Gasteiger partial charge in [-0.3, -0.25) is 4.79 Å². The molecule has 2 heterocycles. The van der Waals surface area contributed by atoms with Gasteiger partial charge in [0.25, 0.3) is 0 Å². The minimum Gasteiger partial charge on any atom is -0.389 e. The van der Waals surface area contributed by atoms with Gasteiger partial charge >= 0.3 is 0 Å². The van der Waals surface area contributed by atoms with Crippen molar-refractivity contribution in [3.8, 4) is 0 Å². The standard InChI is InChI=1S/C19H24N4O3/c1-5-26-10-15-22-16-17(23(15)11-19(3,4)25)13-8-6-7-9-14(13)21-18(16)20-12(2)24/h6-9,25H,5,10-11H2,1-4H3,(H,20,21,24). The number of imidazole rings is 1. The summed E-state index contributed by atoms with van der Waals surface area (Å²) in [5.41, 5.74) is 1.24. The van der Waals surface area contributed by atoms with Crippen molar-refractivity contribution in [1.29, 1.82) is 0 Å². The molecule has 7 heteroatoms. The Morgan fingerprint density at radius 1 is 1.31 bits per heavy atom. The second-order valence-electron chi connectivity index (χ2n) is 6.92. The van der Waals surface area contributed by atoms with Gasteiger partial charge in [0.1, 0.15) is 17.9 Å². The van der Waals surface area contributed by atoms with Crippen LogP contribution < -0.4 is 5.32 Å². The van der Waals surface area contributed by atoms with E-state index in [1.165, 1.54) is 6.92 Å². The summed E-state index contributed by atoms with van der Waals surface area (Å²) < 4.78 is 7.52. The number of carbonyl (C=O) groups is 1. The number of aromatic nitrogens is 3. The summed E-state index contributed by atoms with van der Waals surface area (Å²) in [6.07, 6.45) is 0. The lowest BCUT2D eigenvalue weighted by Crippen LogP contribution is -2.27. The Hall–Kier alpha value is -2.51. The molecule has 138 valence electrons. The Balaban J connectivity index is 2.35. The van der Waals surface area contributed by atoms with Crippen LogP contribution in [0.15, 0.2) is 24.3 Å². The molecule has 0 aliphatic carbocycles. The molecule has 1 amide bonds. The molecular weight excluding hydrogens is 332 g/mol. The fraction of sp³-hybridized carbons (Fsp3) is 0.421. The highest BCUT2D eigenvalue weighted by Crippen LogP contribution is 2.31. The first kappa shape index (κ1) is 18.3. The molecule has 0 atom stereocenters. The summed E-state index contributed by atoms with van der Waals surface area (Å²) in [6, 6.07) is 7.70. The smallest absolute Gasteiger partial charge is 0.222 e. The first-order valence-electron chi connectivity index (χ1n) is 8.65. The molecule has 0 unspecified atom stereocenters. The number of aliphatic hydroxyl groups is 1. The van der Waals surface area contributed by atoms with Crippen molar-refractivity contribution in [3.63, 3.8) is 0 Å². The summed E-state index contributed by atoms with van der Waals surface area (Å²) in [4.78, 5) is 20.9. The number of amides is 1. The van der Waals surface area contributed by atoms with Gasteiger partial charge in [-0.2, -0.15) is 0 Å². The number of hydrogen-bond donors (Lipinski definition) is 2. The van der Waals surface area contributed by atoms with Crippen molar-refractivity contribution in [2.24, 2.45) is 0 Å². The van der Waals surface area contributed by atoms with Crippen LogP contribution >= 0.6 is 0 Å². The number of anilines is 1. The summed E-state index contributed by atoms with van der Waals surface area (Å²) in [5, 5.41) is 14.1. The predicted molar refractivity (Wildman–Crippen MR) is 101 cm³/mol. The third-order valence-electron chi connectivity index (χ3n) is 3.94. The molecule has 0 aliphatic heterocycles. The average molecular weight is 356 g/mol. The maximum atomic E-state index is 11.6. The lowest BCUT2D eigenvalue weighted by atomic mass is 10.1. The summed E-state index contributed by atoms with van der Waals surface area (Å²) in [7, 11) is 0. The van der Waals surface area contributed by atoms with Gasteiger partial charge in [0.2, 0.25) is 5.91 Å². The molecule has 3 rings (SSSR count). The Bertz CT molecular complexity index is 957. The first-order chi connectivity index (χ1) is 12.3. The number of carbonyl (C=O) groups excluding carboxylic acids is 1. The van der Waals surface area contributed by atoms with Crippen LogP contribution in [-0.2, 0) is 22.7 Å². The van der Waals surface area contributed by atoms with Gasteiger partial charge < -0.3 is 19.7 Å². The molecule has 2 N–H and O–H groups in total. The van der Waals surface area contributed by atoms with Crippen LogP contribution in [0.2, 0.25) is 0 Å². The van der Waals surface area contributed by atoms with Crippen LogP contribution in [-0.4, -0.2) is 37.8 Å². The minimum atomic E-state index is -0.937. The van der Waals surface area contributed by atoms with Crippen molar-refractivity contribution >= 4 is 33.7 Å². The molecule has 3 aromatic rings. The van der Waals surface area contributed by atoms with Crippen LogP contribution in [0.4, 0.5) is 5.82 Å². The zero-order valence-corrected chi connectivity index (χ0v) is 15.5. The number of benzene rings is 1. The van der Waals surface area contributed by atoms with E-state index in [1.807, 2.05) is 35.8 Å². The van der Waals surface area contributed by atoms with Gasteiger partial charge in [0.05, 0.1) is 23.2 Å². The van der Waals surface area contributed by atoms with E-state index < -0.39 is 5.60 Å². The molecule has 0 fully saturated rings. The number of ether oxygens (including phenoxy) is 1. The Morgan fingerprint density at radius 3 is 2.69 bits per heavy atom. The Morgan fingerprint density at radius 2 is 2.04 bits per heavy atom. The summed E-state index contributed by atoms with van der Waals surface area (Å²) in [5.74, 6) is 0.893. The number of nitrogens with zero attached hydrogens (tertiary/aromatic N) is 3. The van der Waals surface area contributed by atoms with Crippen molar-refractivity contribution in [1.82, 2.24) is 14.5 Å². The van der Waals surface area contributed by atoms with E-state index in [1.54, 1.807) is 13.8 Å². The zero-order valence-electron chi connectivity index (χ0n) is 15.5. The number of para-hydroxylation sites is 1. The van der Waals surface area contributed by atoms with E-state index in [-0.39, 0.29) is 5.91 Å².